The first kappa shape index (κ1) is 18.6. The number of carbonyl (C=O) groups is 1. The summed E-state index contributed by atoms with van der Waals surface area (Å²) in [6.45, 7) is 2.19. The van der Waals surface area contributed by atoms with E-state index in [9.17, 15) is 9.59 Å². The van der Waals surface area contributed by atoms with Gasteiger partial charge in [0.05, 0.1) is 17.0 Å². The van der Waals surface area contributed by atoms with E-state index in [-0.39, 0.29) is 17.1 Å². The third kappa shape index (κ3) is 2.90. The van der Waals surface area contributed by atoms with Gasteiger partial charge in [-0.1, -0.05) is 41.9 Å². The molecule has 2 aromatic carbocycles. The van der Waals surface area contributed by atoms with E-state index < -0.39 is 6.04 Å². The maximum absolute atomic E-state index is 13.5. The number of amides is 1. The molecule has 3 heterocycles. The minimum Gasteiger partial charge on any atom is -0.450 e. The molecule has 0 bridgehead atoms. The lowest BCUT2D eigenvalue weighted by Gasteiger charge is -2.25. The molecule has 1 atom stereocenters. The summed E-state index contributed by atoms with van der Waals surface area (Å²) in [5, 5.41) is 0.860. The van der Waals surface area contributed by atoms with Gasteiger partial charge in [-0.05, 0) is 47.9 Å². The van der Waals surface area contributed by atoms with Crippen molar-refractivity contribution in [3.63, 3.8) is 0 Å². The van der Waals surface area contributed by atoms with Crippen molar-refractivity contribution < 1.29 is 9.21 Å². The number of aromatic nitrogens is 1. The summed E-state index contributed by atoms with van der Waals surface area (Å²) in [6, 6.07) is 16.1. The molecule has 5 nitrogen and oxygen atoms in total. The van der Waals surface area contributed by atoms with Gasteiger partial charge in [0.25, 0.3) is 5.91 Å². The van der Waals surface area contributed by atoms with E-state index in [1.807, 2.05) is 49.4 Å². The monoisotopic (exact) mass is 416 g/mol. The van der Waals surface area contributed by atoms with Gasteiger partial charge in [-0.25, -0.2) is 0 Å². The molecule has 1 unspecified atom stereocenters. The second kappa shape index (κ2) is 7.11. The maximum atomic E-state index is 13.5. The van der Waals surface area contributed by atoms with Crippen LogP contribution in [0.5, 0.6) is 0 Å². The van der Waals surface area contributed by atoms with Crippen molar-refractivity contribution in [3.8, 4) is 0 Å². The molecule has 5 rings (SSSR count). The minimum atomic E-state index is -0.559. The average Bonchev–Trinajstić information content (AvgIpc) is 3.03. The molecule has 0 N–H and O–H groups in total. The number of halogens is 1. The maximum Gasteiger partial charge on any atom is 0.291 e. The topological polar surface area (TPSA) is 63.4 Å². The van der Waals surface area contributed by atoms with Crippen LogP contribution < -0.4 is 5.43 Å². The molecule has 4 aromatic rings. The predicted octanol–water partition coefficient (Wildman–Crippen LogP) is 4.90. The Morgan fingerprint density at radius 2 is 1.80 bits per heavy atom. The first-order valence-corrected chi connectivity index (χ1v) is 9.94. The van der Waals surface area contributed by atoms with Crippen LogP contribution in [0.2, 0.25) is 5.02 Å². The van der Waals surface area contributed by atoms with Crippen molar-refractivity contribution >= 4 is 28.5 Å². The standard InChI is InChI=1S/C24H17ClN2O3/c1-14-11-19-17(12-18(14)25)22(28)20-21(16-7-9-26-10-8-16)27(24(29)23(20)30-19)13-15-5-3-2-4-6-15/h2-12,21H,13H2,1H3. The summed E-state index contributed by atoms with van der Waals surface area (Å²) in [7, 11) is 0. The van der Waals surface area contributed by atoms with Gasteiger partial charge < -0.3 is 9.32 Å². The van der Waals surface area contributed by atoms with Crippen molar-refractivity contribution in [3.05, 3.63) is 110 Å². The van der Waals surface area contributed by atoms with Gasteiger partial charge >= 0.3 is 0 Å². The van der Waals surface area contributed by atoms with E-state index in [4.69, 9.17) is 16.0 Å². The Hall–Kier alpha value is -3.44. The van der Waals surface area contributed by atoms with Gasteiger partial charge in [0.1, 0.15) is 5.58 Å². The van der Waals surface area contributed by atoms with Crippen molar-refractivity contribution in [1.82, 2.24) is 9.88 Å². The lowest BCUT2D eigenvalue weighted by atomic mass is 9.99. The normalized spacial score (nSPS) is 15.6. The Bertz CT molecular complexity index is 1330. The fourth-order valence-corrected chi connectivity index (χ4v) is 4.14. The number of rotatable bonds is 3. The van der Waals surface area contributed by atoms with Gasteiger partial charge in [0.2, 0.25) is 5.76 Å². The van der Waals surface area contributed by atoms with Gasteiger partial charge in [0, 0.05) is 24.0 Å². The molecule has 0 spiro atoms. The Morgan fingerprint density at radius 3 is 2.53 bits per heavy atom. The molecule has 30 heavy (non-hydrogen) atoms. The molecule has 6 heteroatoms. The Balaban J connectivity index is 1.75. The lowest BCUT2D eigenvalue weighted by molar-refractivity contribution is 0.0714. The molecule has 148 valence electrons. The molecule has 0 saturated heterocycles. The third-order valence-corrected chi connectivity index (χ3v) is 5.87. The Kier molecular flexibility index (Phi) is 4.40. The van der Waals surface area contributed by atoms with Gasteiger partial charge in [-0.3, -0.25) is 14.6 Å². The third-order valence-electron chi connectivity index (χ3n) is 5.46. The first-order chi connectivity index (χ1) is 14.5. The highest BCUT2D eigenvalue weighted by atomic mass is 35.5. The van der Waals surface area contributed by atoms with E-state index in [2.05, 4.69) is 4.98 Å². The number of nitrogens with zero attached hydrogens (tertiary/aromatic N) is 2. The van der Waals surface area contributed by atoms with Crippen molar-refractivity contribution in [1.29, 1.82) is 0 Å². The number of carbonyl (C=O) groups excluding carboxylic acids is 1. The zero-order valence-electron chi connectivity index (χ0n) is 16.1. The first-order valence-electron chi connectivity index (χ1n) is 9.56. The summed E-state index contributed by atoms with van der Waals surface area (Å²) in [6.07, 6.45) is 3.31. The van der Waals surface area contributed by atoms with Crippen LogP contribution in [0.25, 0.3) is 11.0 Å². The molecular weight excluding hydrogens is 400 g/mol. The number of hydrogen-bond acceptors (Lipinski definition) is 4. The Morgan fingerprint density at radius 1 is 1.07 bits per heavy atom. The van der Waals surface area contributed by atoms with Gasteiger partial charge in [-0.15, -0.1) is 0 Å². The number of aryl methyl sites for hydroxylation is 1. The molecular formula is C24H17ClN2O3. The van der Waals surface area contributed by atoms with E-state index in [0.29, 0.717) is 28.1 Å². The summed E-state index contributed by atoms with van der Waals surface area (Å²) in [5.41, 5.74) is 3.02. The van der Waals surface area contributed by atoms with E-state index in [0.717, 1.165) is 16.7 Å². The van der Waals surface area contributed by atoms with E-state index >= 15 is 0 Å². The second-order valence-electron chi connectivity index (χ2n) is 7.37. The zero-order valence-corrected chi connectivity index (χ0v) is 16.9. The van der Waals surface area contributed by atoms with E-state index in [1.165, 1.54) is 0 Å². The van der Waals surface area contributed by atoms with Crippen LogP contribution >= 0.6 is 11.6 Å². The largest absolute Gasteiger partial charge is 0.450 e. The van der Waals surface area contributed by atoms with Crippen LogP contribution in [0.4, 0.5) is 0 Å². The predicted molar refractivity (Wildman–Crippen MR) is 115 cm³/mol. The quantitative estimate of drug-likeness (QED) is 0.476. The van der Waals surface area contributed by atoms with Crippen LogP contribution in [-0.4, -0.2) is 15.8 Å². The molecule has 1 aliphatic rings. The average molecular weight is 417 g/mol. The van der Waals surface area contributed by atoms with Crippen molar-refractivity contribution in [2.75, 3.05) is 0 Å². The molecule has 1 amide bonds. The van der Waals surface area contributed by atoms with Gasteiger partial charge in [-0.2, -0.15) is 0 Å². The molecule has 0 fully saturated rings. The molecule has 0 radical (unpaired) electrons. The van der Waals surface area contributed by atoms with Crippen LogP contribution in [-0.2, 0) is 6.54 Å². The number of benzene rings is 2. The Labute approximate surface area is 177 Å². The summed E-state index contributed by atoms with van der Waals surface area (Å²) < 4.78 is 5.99. The highest BCUT2D eigenvalue weighted by Gasteiger charge is 2.42. The fourth-order valence-electron chi connectivity index (χ4n) is 3.98. The van der Waals surface area contributed by atoms with Gasteiger partial charge in [0.15, 0.2) is 5.43 Å². The molecule has 1 aliphatic heterocycles. The van der Waals surface area contributed by atoms with Crippen LogP contribution in [0, 0.1) is 6.92 Å². The number of fused-ring (bicyclic) bond motifs is 2. The minimum absolute atomic E-state index is 0.0898. The summed E-state index contributed by atoms with van der Waals surface area (Å²) >= 11 is 6.26. The smallest absolute Gasteiger partial charge is 0.291 e. The fraction of sp³-hybridized carbons (Fsp3) is 0.125. The summed E-state index contributed by atoms with van der Waals surface area (Å²) in [5.74, 6) is -0.214. The highest BCUT2D eigenvalue weighted by molar-refractivity contribution is 6.32. The lowest BCUT2D eigenvalue weighted by Crippen LogP contribution is -2.29. The number of hydrogen-bond donors (Lipinski definition) is 0. The number of pyridine rings is 1. The van der Waals surface area contributed by atoms with Crippen molar-refractivity contribution in [2.45, 2.75) is 19.5 Å². The van der Waals surface area contributed by atoms with Crippen LogP contribution in [0.1, 0.15) is 38.9 Å². The van der Waals surface area contributed by atoms with Crippen LogP contribution in [0.3, 0.4) is 0 Å². The molecule has 0 aliphatic carbocycles. The zero-order chi connectivity index (χ0) is 20.8. The van der Waals surface area contributed by atoms with Crippen molar-refractivity contribution in [2.24, 2.45) is 0 Å². The highest BCUT2D eigenvalue weighted by Crippen LogP contribution is 2.39. The second-order valence-corrected chi connectivity index (χ2v) is 7.78. The molecule has 0 saturated carbocycles. The molecule has 2 aromatic heterocycles. The summed E-state index contributed by atoms with van der Waals surface area (Å²) in [4.78, 5) is 32.6. The van der Waals surface area contributed by atoms with Crippen LogP contribution in [0.15, 0.2) is 76.2 Å². The van der Waals surface area contributed by atoms with E-state index in [1.54, 1.807) is 29.4 Å². The SMILES string of the molecule is Cc1cc2oc3c(c(=O)c2cc1Cl)C(c1ccncc1)N(Cc1ccccc1)C3=O.